The highest BCUT2D eigenvalue weighted by molar-refractivity contribution is 5.06. The molecule has 1 aromatic rings. The molecule has 0 aromatic carbocycles. The Hall–Kier alpha value is -0.870. The molecule has 4 nitrogen and oxygen atoms in total. The molecule has 0 amide bonds. The van der Waals surface area contributed by atoms with Gasteiger partial charge in [-0.25, -0.2) is 0 Å². The Balaban J connectivity index is 2.74. The van der Waals surface area contributed by atoms with Crippen molar-refractivity contribution in [2.24, 2.45) is 24.2 Å². The predicted molar refractivity (Wildman–Crippen MR) is 66.5 cm³/mol. The molecule has 1 heterocycles. The Morgan fingerprint density at radius 1 is 1.50 bits per heavy atom. The summed E-state index contributed by atoms with van der Waals surface area (Å²) in [5.41, 5.74) is 4.32. The average molecular weight is 224 g/mol. The molecular weight excluding hydrogens is 200 g/mol. The van der Waals surface area contributed by atoms with E-state index in [1.54, 1.807) is 6.20 Å². The molecular formula is C12H24N4. The van der Waals surface area contributed by atoms with Gasteiger partial charge in [-0.2, -0.15) is 5.10 Å². The molecule has 1 rings (SSSR count). The van der Waals surface area contributed by atoms with Crippen LogP contribution in [0.15, 0.2) is 12.3 Å². The minimum absolute atomic E-state index is 0.168. The molecule has 16 heavy (non-hydrogen) atoms. The second-order valence-corrected chi connectivity index (χ2v) is 5.60. The summed E-state index contributed by atoms with van der Waals surface area (Å²) in [4.78, 5) is 0. The number of nitrogens with two attached hydrogens (primary N) is 1. The van der Waals surface area contributed by atoms with Gasteiger partial charge in [-0.1, -0.05) is 27.7 Å². The standard InChI is InChI=1S/C12H24N4/c1-9(12(2,3)4)8-10(15-13)11-6-7-14-16(11)5/h6-7,9-10,15H,8,13H2,1-5H3. The van der Waals surface area contributed by atoms with Crippen molar-refractivity contribution in [2.75, 3.05) is 0 Å². The molecule has 0 saturated carbocycles. The third-order valence-electron chi connectivity index (χ3n) is 3.48. The Kier molecular flexibility index (Phi) is 4.10. The van der Waals surface area contributed by atoms with Gasteiger partial charge in [-0.3, -0.25) is 16.0 Å². The van der Waals surface area contributed by atoms with Gasteiger partial charge in [-0.15, -0.1) is 0 Å². The molecule has 0 bridgehead atoms. The Labute approximate surface area is 98.2 Å². The first kappa shape index (κ1) is 13.2. The minimum atomic E-state index is 0.168. The summed E-state index contributed by atoms with van der Waals surface area (Å²) in [6.07, 6.45) is 2.82. The highest BCUT2D eigenvalue weighted by atomic mass is 15.3. The average Bonchev–Trinajstić information content (AvgIpc) is 2.59. The van der Waals surface area contributed by atoms with E-state index in [0.29, 0.717) is 11.3 Å². The van der Waals surface area contributed by atoms with Crippen LogP contribution in [0, 0.1) is 11.3 Å². The highest BCUT2D eigenvalue weighted by Crippen LogP contribution is 2.32. The van der Waals surface area contributed by atoms with Crippen LogP contribution in [0.5, 0.6) is 0 Å². The largest absolute Gasteiger partial charge is 0.271 e. The van der Waals surface area contributed by atoms with Gasteiger partial charge in [0.15, 0.2) is 0 Å². The quantitative estimate of drug-likeness (QED) is 0.607. The maximum Gasteiger partial charge on any atom is 0.0631 e. The molecule has 0 fully saturated rings. The van der Waals surface area contributed by atoms with Gasteiger partial charge in [0.1, 0.15) is 0 Å². The first-order chi connectivity index (χ1) is 7.36. The van der Waals surface area contributed by atoms with Crippen molar-refractivity contribution >= 4 is 0 Å². The number of hydrogen-bond donors (Lipinski definition) is 2. The van der Waals surface area contributed by atoms with Crippen molar-refractivity contribution in [1.29, 1.82) is 0 Å². The molecule has 0 saturated heterocycles. The van der Waals surface area contributed by atoms with E-state index in [0.717, 1.165) is 12.1 Å². The van der Waals surface area contributed by atoms with Gasteiger partial charge >= 0.3 is 0 Å². The summed E-state index contributed by atoms with van der Waals surface area (Å²) < 4.78 is 1.87. The zero-order valence-corrected chi connectivity index (χ0v) is 11.0. The van der Waals surface area contributed by atoms with Crippen LogP contribution in [0.2, 0.25) is 0 Å². The van der Waals surface area contributed by atoms with E-state index in [2.05, 4.69) is 38.2 Å². The first-order valence-electron chi connectivity index (χ1n) is 5.80. The molecule has 0 spiro atoms. The third kappa shape index (κ3) is 3.06. The lowest BCUT2D eigenvalue weighted by atomic mass is 9.78. The van der Waals surface area contributed by atoms with Gasteiger partial charge < -0.3 is 0 Å². The Morgan fingerprint density at radius 3 is 2.50 bits per heavy atom. The number of nitrogens with zero attached hydrogens (tertiary/aromatic N) is 2. The van der Waals surface area contributed by atoms with E-state index in [1.807, 2.05) is 17.8 Å². The molecule has 4 heteroatoms. The molecule has 0 aliphatic rings. The maximum atomic E-state index is 5.63. The number of rotatable bonds is 4. The van der Waals surface area contributed by atoms with Crippen LogP contribution in [0.1, 0.15) is 45.9 Å². The SMILES string of the molecule is CC(CC(NN)c1ccnn1C)C(C)(C)C. The zero-order chi connectivity index (χ0) is 12.3. The topological polar surface area (TPSA) is 55.9 Å². The second-order valence-electron chi connectivity index (χ2n) is 5.60. The van der Waals surface area contributed by atoms with E-state index in [1.165, 1.54) is 0 Å². The molecule has 2 atom stereocenters. The van der Waals surface area contributed by atoms with Gasteiger partial charge in [0.05, 0.1) is 11.7 Å². The van der Waals surface area contributed by atoms with E-state index >= 15 is 0 Å². The van der Waals surface area contributed by atoms with Crippen molar-refractivity contribution < 1.29 is 0 Å². The molecule has 0 aliphatic carbocycles. The van der Waals surface area contributed by atoms with Crippen molar-refractivity contribution in [2.45, 2.75) is 40.2 Å². The van der Waals surface area contributed by atoms with E-state index < -0.39 is 0 Å². The van der Waals surface area contributed by atoms with Gasteiger partial charge in [0, 0.05) is 13.2 Å². The molecule has 0 aliphatic heterocycles. The van der Waals surface area contributed by atoms with Crippen LogP contribution in [-0.4, -0.2) is 9.78 Å². The monoisotopic (exact) mass is 224 g/mol. The number of nitrogens with one attached hydrogen (secondary N) is 1. The van der Waals surface area contributed by atoms with Crippen LogP contribution in [0.3, 0.4) is 0 Å². The van der Waals surface area contributed by atoms with Crippen LogP contribution in [0.4, 0.5) is 0 Å². The van der Waals surface area contributed by atoms with Crippen molar-refractivity contribution in [3.63, 3.8) is 0 Å². The fourth-order valence-electron chi connectivity index (χ4n) is 1.71. The van der Waals surface area contributed by atoms with E-state index in [4.69, 9.17) is 5.84 Å². The lowest BCUT2D eigenvalue weighted by molar-refractivity contribution is 0.221. The van der Waals surface area contributed by atoms with E-state index in [-0.39, 0.29) is 6.04 Å². The number of aryl methyl sites for hydroxylation is 1. The second kappa shape index (κ2) is 4.97. The van der Waals surface area contributed by atoms with Crippen LogP contribution < -0.4 is 11.3 Å². The minimum Gasteiger partial charge on any atom is -0.271 e. The third-order valence-corrected chi connectivity index (χ3v) is 3.48. The van der Waals surface area contributed by atoms with Crippen molar-refractivity contribution in [1.82, 2.24) is 15.2 Å². The van der Waals surface area contributed by atoms with Crippen molar-refractivity contribution in [3.8, 4) is 0 Å². The maximum absolute atomic E-state index is 5.63. The highest BCUT2D eigenvalue weighted by Gasteiger charge is 2.25. The van der Waals surface area contributed by atoms with Gasteiger partial charge in [0.25, 0.3) is 0 Å². The smallest absolute Gasteiger partial charge is 0.0631 e. The van der Waals surface area contributed by atoms with Crippen LogP contribution in [0.25, 0.3) is 0 Å². The lowest BCUT2D eigenvalue weighted by Crippen LogP contribution is -2.33. The zero-order valence-electron chi connectivity index (χ0n) is 11.0. The Bertz CT molecular complexity index is 324. The fourth-order valence-corrected chi connectivity index (χ4v) is 1.71. The van der Waals surface area contributed by atoms with Crippen molar-refractivity contribution in [3.05, 3.63) is 18.0 Å². The summed E-state index contributed by atoms with van der Waals surface area (Å²) in [7, 11) is 1.95. The molecule has 92 valence electrons. The Morgan fingerprint density at radius 2 is 2.12 bits per heavy atom. The fraction of sp³-hybridized carbons (Fsp3) is 0.750. The van der Waals surface area contributed by atoms with Crippen LogP contribution in [-0.2, 0) is 7.05 Å². The normalized spacial score (nSPS) is 16.1. The number of aromatic nitrogens is 2. The predicted octanol–water partition coefficient (Wildman–Crippen LogP) is 2.00. The lowest BCUT2D eigenvalue weighted by Gasteiger charge is -2.30. The molecule has 2 unspecified atom stereocenters. The molecule has 1 aromatic heterocycles. The summed E-state index contributed by atoms with van der Waals surface area (Å²) >= 11 is 0. The van der Waals surface area contributed by atoms with Gasteiger partial charge in [0.2, 0.25) is 0 Å². The molecule has 0 radical (unpaired) electrons. The summed E-state index contributed by atoms with van der Waals surface area (Å²) in [5, 5.41) is 4.18. The molecule has 3 N–H and O–H groups in total. The van der Waals surface area contributed by atoms with Crippen LogP contribution >= 0.6 is 0 Å². The summed E-state index contributed by atoms with van der Waals surface area (Å²) in [5.74, 6) is 6.22. The number of hydrogen-bond acceptors (Lipinski definition) is 3. The summed E-state index contributed by atoms with van der Waals surface area (Å²) in [6, 6.07) is 2.18. The van der Waals surface area contributed by atoms with E-state index in [9.17, 15) is 0 Å². The first-order valence-corrected chi connectivity index (χ1v) is 5.80. The summed E-state index contributed by atoms with van der Waals surface area (Å²) in [6.45, 7) is 9.04. The van der Waals surface area contributed by atoms with Gasteiger partial charge in [-0.05, 0) is 23.8 Å². The number of hydrazine groups is 1.